The summed E-state index contributed by atoms with van der Waals surface area (Å²) in [5.41, 5.74) is 4.81. The molecule has 0 saturated heterocycles. The van der Waals surface area contributed by atoms with E-state index in [0.29, 0.717) is 5.41 Å². The van der Waals surface area contributed by atoms with Crippen LogP contribution < -0.4 is 0 Å². The minimum Gasteiger partial charge on any atom is -0.295 e. The van der Waals surface area contributed by atoms with Crippen LogP contribution in [0.25, 0.3) is 0 Å². The molecule has 1 saturated carbocycles. The predicted octanol–water partition coefficient (Wildman–Crippen LogP) is 3.55. The largest absolute Gasteiger partial charge is 0.295 e. The van der Waals surface area contributed by atoms with Crippen molar-refractivity contribution < 1.29 is 0 Å². The SMILES string of the molecule is CSc1ncc2c(n1)CCN(CC1=CCC3CC1C3(C)C)C2. The molecule has 0 radical (unpaired) electrons. The molecule has 2 unspecified atom stereocenters. The normalized spacial score (nSPS) is 29.5. The third kappa shape index (κ3) is 2.31. The van der Waals surface area contributed by atoms with Gasteiger partial charge < -0.3 is 0 Å². The molecule has 2 bridgehead atoms. The van der Waals surface area contributed by atoms with Gasteiger partial charge in [0.05, 0.1) is 5.69 Å². The fourth-order valence-electron chi connectivity index (χ4n) is 4.50. The molecule has 3 aliphatic carbocycles. The predicted molar refractivity (Wildman–Crippen MR) is 90.9 cm³/mol. The Bertz CT molecular complexity index is 623. The molecule has 1 aromatic rings. The first-order chi connectivity index (χ1) is 10.6. The Morgan fingerprint density at radius 1 is 1.41 bits per heavy atom. The average molecular weight is 315 g/mol. The van der Waals surface area contributed by atoms with E-state index in [-0.39, 0.29) is 0 Å². The minimum atomic E-state index is 0.536. The maximum absolute atomic E-state index is 4.67. The maximum atomic E-state index is 4.67. The zero-order valence-electron chi connectivity index (χ0n) is 13.8. The molecule has 0 N–H and O–H groups in total. The summed E-state index contributed by atoms with van der Waals surface area (Å²) in [6.45, 7) is 8.21. The molecular weight excluding hydrogens is 290 g/mol. The summed E-state index contributed by atoms with van der Waals surface area (Å²) in [6, 6.07) is 0. The number of fused-ring (bicyclic) bond motifs is 2. The molecule has 2 atom stereocenters. The van der Waals surface area contributed by atoms with Gasteiger partial charge in [0.15, 0.2) is 5.16 Å². The van der Waals surface area contributed by atoms with Crippen molar-refractivity contribution in [1.29, 1.82) is 0 Å². The van der Waals surface area contributed by atoms with Crippen LogP contribution in [0, 0.1) is 17.3 Å². The molecule has 2 heterocycles. The van der Waals surface area contributed by atoms with E-state index < -0.39 is 0 Å². The van der Waals surface area contributed by atoms with Crippen LogP contribution in [0.4, 0.5) is 0 Å². The summed E-state index contributed by atoms with van der Waals surface area (Å²) in [5.74, 6) is 1.75. The Morgan fingerprint density at radius 3 is 3.00 bits per heavy atom. The van der Waals surface area contributed by atoms with Crippen molar-refractivity contribution in [2.75, 3.05) is 19.3 Å². The van der Waals surface area contributed by atoms with Gasteiger partial charge in [0.25, 0.3) is 0 Å². The van der Waals surface area contributed by atoms with Gasteiger partial charge in [0.1, 0.15) is 0 Å². The first-order valence-electron chi connectivity index (χ1n) is 8.38. The molecule has 0 aromatic carbocycles. The lowest BCUT2D eigenvalue weighted by Crippen LogP contribution is -2.50. The second-order valence-corrected chi connectivity index (χ2v) is 8.38. The number of rotatable bonds is 3. The molecule has 0 spiro atoms. The van der Waals surface area contributed by atoms with E-state index in [2.05, 4.69) is 34.8 Å². The summed E-state index contributed by atoms with van der Waals surface area (Å²) in [6.07, 6.45) is 10.4. The first-order valence-corrected chi connectivity index (χ1v) is 9.60. The first kappa shape index (κ1) is 14.7. The van der Waals surface area contributed by atoms with Gasteiger partial charge in [-0.3, -0.25) is 4.90 Å². The lowest BCUT2D eigenvalue weighted by molar-refractivity contribution is -0.0110. The number of allylic oxidation sites excluding steroid dienone is 1. The second-order valence-electron chi connectivity index (χ2n) is 7.61. The van der Waals surface area contributed by atoms with Crippen LogP contribution in [0.2, 0.25) is 0 Å². The Kier molecular flexibility index (Phi) is 3.57. The highest BCUT2D eigenvalue weighted by molar-refractivity contribution is 7.98. The Balaban J connectivity index is 1.46. The summed E-state index contributed by atoms with van der Waals surface area (Å²) >= 11 is 1.63. The number of hydrogen-bond donors (Lipinski definition) is 0. The van der Waals surface area contributed by atoms with Crippen molar-refractivity contribution in [1.82, 2.24) is 14.9 Å². The zero-order valence-corrected chi connectivity index (χ0v) is 14.6. The summed E-state index contributed by atoms with van der Waals surface area (Å²) in [4.78, 5) is 11.7. The molecule has 5 rings (SSSR count). The minimum absolute atomic E-state index is 0.536. The molecule has 22 heavy (non-hydrogen) atoms. The van der Waals surface area contributed by atoms with Gasteiger partial charge in [0.2, 0.25) is 0 Å². The quantitative estimate of drug-likeness (QED) is 0.484. The van der Waals surface area contributed by atoms with Gasteiger partial charge in [0, 0.05) is 37.8 Å². The molecule has 4 aliphatic rings. The molecule has 1 aromatic heterocycles. The molecule has 0 amide bonds. The van der Waals surface area contributed by atoms with Crippen molar-refractivity contribution in [3.8, 4) is 0 Å². The standard InChI is InChI=1S/C18H25N3S/c1-18(2)14-5-4-12(15(18)8-14)10-21-7-6-16-13(11-21)9-19-17(20-16)22-3/h4,9,14-15H,5-8,10-11H2,1-3H3. The van der Waals surface area contributed by atoms with Gasteiger partial charge in [-0.15, -0.1) is 0 Å². The average Bonchev–Trinajstić information content (AvgIpc) is 2.54. The zero-order chi connectivity index (χ0) is 15.3. The smallest absolute Gasteiger partial charge is 0.187 e. The van der Waals surface area contributed by atoms with Gasteiger partial charge in [-0.05, 0) is 36.3 Å². The van der Waals surface area contributed by atoms with Crippen LogP contribution in [-0.4, -0.2) is 34.2 Å². The van der Waals surface area contributed by atoms with E-state index in [1.165, 1.54) is 24.1 Å². The number of nitrogens with zero attached hydrogens (tertiary/aromatic N) is 3. The van der Waals surface area contributed by atoms with Crippen LogP contribution in [-0.2, 0) is 13.0 Å². The van der Waals surface area contributed by atoms with Gasteiger partial charge >= 0.3 is 0 Å². The molecule has 4 heteroatoms. The van der Waals surface area contributed by atoms with E-state index in [1.807, 2.05) is 12.5 Å². The van der Waals surface area contributed by atoms with E-state index in [0.717, 1.165) is 43.0 Å². The summed E-state index contributed by atoms with van der Waals surface area (Å²) in [5, 5.41) is 0.907. The van der Waals surface area contributed by atoms with E-state index in [4.69, 9.17) is 0 Å². The van der Waals surface area contributed by atoms with E-state index in [9.17, 15) is 0 Å². The van der Waals surface area contributed by atoms with Crippen molar-refractivity contribution in [2.45, 2.75) is 44.8 Å². The summed E-state index contributed by atoms with van der Waals surface area (Å²) < 4.78 is 0. The highest BCUT2D eigenvalue weighted by Gasteiger charge is 2.51. The van der Waals surface area contributed by atoms with Crippen molar-refractivity contribution in [2.24, 2.45) is 17.3 Å². The molecule has 1 fully saturated rings. The fourth-order valence-corrected chi connectivity index (χ4v) is 4.86. The second kappa shape index (κ2) is 5.34. The third-order valence-corrected chi connectivity index (χ3v) is 6.72. The molecular formula is C18H25N3S. The van der Waals surface area contributed by atoms with Crippen LogP contribution in [0.15, 0.2) is 23.0 Å². The molecule has 118 valence electrons. The van der Waals surface area contributed by atoms with Crippen molar-refractivity contribution in [3.05, 3.63) is 29.1 Å². The van der Waals surface area contributed by atoms with Crippen molar-refractivity contribution in [3.63, 3.8) is 0 Å². The van der Waals surface area contributed by atoms with Crippen molar-refractivity contribution >= 4 is 11.8 Å². The Morgan fingerprint density at radius 2 is 2.27 bits per heavy atom. The van der Waals surface area contributed by atoms with Crippen LogP contribution in [0.3, 0.4) is 0 Å². The number of thioether (sulfide) groups is 1. The van der Waals surface area contributed by atoms with Gasteiger partial charge in [-0.2, -0.15) is 0 Å². The number of aromatic nitrogens is 2. The van der Waals surface area contributed by atoms with E-state index in [1.54, 1.807) is 17.3 Å². The lowest BCUT2D eigenvalue weighted by Gasteiger charge is -2.57. The Hall–Kier alpha value is -0.870. The van der Waals surface area contributed by atoms with Crippen LogP contribution >= 0.6 is 11.8 Å². The van der Waals surface area contributed by atoms with Crippen LogP contribution in [0.1, 0.15) is 37.9 Å². The maximum Gasteiger partial charge on any atom is 0.187 e. The van der Waals surface area contributed by atoms with Gasteiger partial charge in [-0.1, -0.05) is 37.3 Å². The summed E-state index contributed by atoms with van der Waals surface area (Å²) in [7, 11) is 0. The topological polar surface area (TPSA) is 29.0 Å². The molecule has 3 nitrogen and oxygen atoms in total. The molecule has 1 aliphatic heterocycles. The number of hydrogen-bond acceptors (Lipinski definition) is 4. The Labute approximate surface area is 137 Å². The fraction of sp³-hybridized carbons (Fsp3) is 0.667. The highest BCUT2D eigenvalue weighted by Crippen LogP contribution is 2.59. The van der Waals surface area contributed by atoms with Crippen LogP contribution in [0.5, 0.6) is 0 Å². The highest BCUT2D eigenvalue weighted by atomic mass is 32.2. The van der Waals surface area contributed by atoms with Gasteiger partial charge in [-0.25, -0.2) is 9.97 Å². The third-order valence-electron chi connectivity index (χ3n) is 6.16. The lowest BCUT2D eigenvalue weighted by atomic mass is 9.49. The van der Waals surface area contributed by atoms with E-state index >= 15 is 0 Å². The monoisotopic (exact) mass is 315 g/mol.